The maximum Gasteiger partial charge on any atom is 0.265 e. The summed E-state index contributed by atoms with van der Waals surface area (Å²) in [5.74, 6) is 0.104. The van der Waals surface area contributed by atoms with Crippen molar-refractivity contribution in [3.05, 3.63) is 4.88 Å². The highest BCUT2D eigenvalue weighted by molar-refractivity contribution is 7.18. The van der Waals surface area contributed by atoms with Crippen LogP contribution >= 0.6 is 11.3 Å². The smallest absolute Gasteiger partial charge is 0.265 e. The van der Waals surface area contributed by atoms with E-state index < -0.39 is 0 Å². The number of nitrogens with zero attached hydrogens (tertiary/aromatic N) is 1. The van der Waals surface area contributed by atoms with Crippen LogP contribution in [0.2, 0.25) is 0 Å². The maximum atomic E-state index is 12.0. The van der Waals surface area contributed by atoms with Gasteiger partial charge in [-0.15, -0.1) is 0 Å². The van der Waals surface area contributed by atoms with Gasteiger partial charge in [-0.05, 0) is 11.8 Å². The minimum Gasteiger partial charge on any atom is -0.383 e. The van der Waals surface area contributed by atoms with Gasteiger partial charge in [0.1, 0.15) is 10.7 Å². The predicted molar refractivity (Wildman–Crippen MR) is 83.3 cm³/mol. The zero-order valence-electron chi connectivity index (χ0n) is 12.6. The summed E-state index contributed by atoms with van der Waals surface area (Å²) in [4.78, 5) is 16.6. The molecule has 0 radical (unpaired) electrons. The molecule has 114 valence electrons. The Morgan fingerprint density at radius 3 is 2.70 bits per heavy atom. The summed E-state index contributed by atoms with van der Waals surface area (Å²) in [5, 5.41) is 6.58. The molecule has 0 aliphatic heterocycles. The number of anilines is 2. The molecule has 1 heterocycles. The molecule has 1 aromatic heterocycles. The molecule has 0 aromatic carbocycles. The van der Waals surface area contributed by atoms with Crippen LogP contribution in [0, 0.1) is 5.41 Å². The van der Waals surface area contributed by atoms with Crippen molar-refractivity contribution >= 4 is 28.2 Å². The topological polar surface area (TPSA) is 89.3 Å². The number of carbonyl (C=O) groups excluding carboxylic acids is 1. The number of nitrogens with two attached hydrogens (primary N) is 1. The number of carbonyl (C=O) groups is 1. The third-order valence-electron chi connectivity index (χ3n) is 2.60. The molecule has 0 aliphatic rings. The molecule has 0 fully saturated rings. The maximum absolute atomic E-state index is 12.0. The molecule has 1 aromatic rings. The van der Waals surface area contributed by atoms with Crippen molar-refractivity contribution in [3.63, 3.8) is 0 Å². The van der Waals surface area contributed by atoms with E-state index in [2.05, 4.69) is 36.4 Å². The van der Waals surface area contributed by atoms with Gasteiger partial charge in [-0.2, -0.15) is 0 Å². The van der Waals surface area contributed by atoms with Gasteiger partial charge in [0.15, 0.2) is 5.13 Å². The molecule has 0 bridgehead atoms. The van der Waals surface area contributed by atoms with Crippen LogP contribution in [0.25, 0.3) is 0 Å². The molecule has 20 heavy (non-hydrogen) atoms. The van der Waals surface area contributed by atoms with Gasteiger partial charge < -0.3 is 21.1 Å². The summed E-state index contributed by atoms with van der Waals surface area (Å²) >= 11 is 1.26. The van der Waals surface area contributed by atoms with E-state index in [1.807, 2.05) is 0 Å². The second-order valence-corrected chi connectivity index (χ2v) is 6.72. The summed E-state index contributed by atoms with van der Waals surface area (Å²) in [6.07, 6.45) is 0.913. The van der Waals surface area contributed by atoms with Crippen molar-refractivity contribution in [2.45, 2.75) is 27.2 Å². The van der Waals surface area contributed by atoms with Gasteiger partial charge in [0.25, 0.3) is 5.91 Å². The van der Waals surface area contributed by atoms with Gasteiger partial charge in [0.05, 0.1) is 6.61 Å². The molecule has 1 rings (SSSR count). The lowest BCUT2D eigenvalue weighted by molar-refractivity contribution is 0.0954. The van der Waals surface area contributed by atoms with Gasteiger partial charge >= 0.3 is 0 Å². The second kappa shape index (κ2) is 7.44. The molecule has 0 saturated carbocycles. The van der Waals surface area contributed by atoms with Crippen molar-refractivity contribution in [1.82, 2.24) is 10.3 Å². The van der Waals surface area contributed by atoms with Crippen molar-refractivity contribution in [2.24, 2.45) is 5.41 Å². The van der Waals surface area contributed by atoms with Gasteiger partial charge in [0.2, 0.25) is 0 Å². The Kier molecular flexibility index (Phi) is 6.22. The van der Waals surface area contributed by atoms with Crippen molar-refractivity contribution in [1.29, 1.82) is 0 Å². The fourth-order valence-corrected chi connectivity index (χ4v) is 2.29. The largest absolute Gasteiger partial charge is 0.383 e. The third kappa shape index (κ3) is 5.75. The first-order valence-electron chi connectivity index (χ1n) is 6.61. The molecule has 6 nitrogen and oxygen atoms in total. The lowest BCUT2D eigenvalue weighted by atomic mass is 9.92. The second-order valence-electron chi connectivity index (χ2n) is 5.72. The van der Waals surface area contributed by atoms with Crippen LogP contribution in [0.3, 0.4) is 0 Å². The number of hydrogen-bond acceptors (Lipinski definition) is 6. The Morgan fingerprint density at radius 2 is 2.10 bits per heavy atom. The number of methoxy groups -OCH3 is 1. The Labute approximate surface area is 124 Å². The van der Waals surface area contributed by atoms with Crippen molar-refractivity contribution < 1.29 is 9.53 Å². The fourth-order valence-electron chi connectivity index (χ4n) is 1.46. The normalized spacial score (nSPS) is 11.4. The van der Waals surface area contributed by atoms with E-state index in [1.165, 1.54) is 11.3 Å². The highest BCUT2D eigenvalue weighted by atomic mass is 32.1. The third-order valence-corrected chi connectivity index (χ3v) is 3.63. The first-order valence-corrected chi connectivity index (χ1v) is 7.42. The zero-order chi connectivity index (χ0) is 15.2. The number of nitrogen functional groups attached to an aromatic ring is 1. The summed E-state index contributed by atoms with van der Waals surface area (Å²) in [5.41, 5.74) is 5.97. The fraction of sp³-hybridized carbons (Fsp3) is 0.692. The average molecular weight is 300 g/mol. The summed E-state index contributed by atoms with van der Waals surface area (Å²) in [7, 11) is 1.63. The van der Waals surface area contributed by atoms with E-state index in [4.69, 9.17) is 10.5 Å². The zero-order valence-corrected chi connectivity index (χ0v) is 13.4. The number of hydrogen-bond donors (Lipinski definition) is 3. The standard InChI is InChI=1S/C13H24N4O2S/c1-13(2,3)5-6-15-11(18)9-10(14)17-12(20-9)16-7-8-19-4/h5-8,14H2,1-4H3,(H,15,18)(H,16,17). The minimum absolute atomic E-state index is 0.163. The number of rotatable bonds is 7. The molecule has 0 spiro atoms. The number of aromatic nitrogens is 1. The van der Waals surface area contributed by atoms with E-state index >= 15 is 0 Å². The van der Waals surface area contributed by atoms with Crippen molar-refractivity contribution in [3.8, 4) is 0 Å². The van der Waals surface area contributed by atoms with E-state index in [0.717, 1.165) is 6.42 Å². The quantitative estimate of drug-likeness (QED) is 0.670. The van der Waals surface area contributed by atoms with E-state index in [-0.39, 0.29) is 17.1 Å². The predicted octanol–water partition coefficient (Wildman–Crippen LogP) is 1.95. The number of nitrogens with one attached hydrogen (secondary N) is 2. The first-order chi connectivity index (χ1) is 9.33. The molecule has 1 amide bonds. The minimum atomic E-state index is -0.163. The van der Waals surface area contributed by atoms with Crippen LogP contribution in [0.5, 0.6) is 0 Å². The highest BCUT2D eigenvalue weighted by Gasteiger charge is 2.17. The van der Waals surface area contributed by atoms with Gasteiger partial charge in [0, 0.05) is 20.2 Å². The Hall–Kier alpha value is -1.34. The Bertz CT molecular complexity index is 440. The molecule has 0 saturated heterocycles. The molecular formula is C13H24N4O2S. The SMILES string of the molecule is COCCNc1nc(N)c(C(=O)NCCC(C)(C)C)s1. The monoisotopic (exact) mass is 300 g/mol. The summed E-state index contributed by atoms with van der Waals surface area (Å²) in [6.45, 7) is 8.25. The molecule has 0 aliphatic carbocycles. The summed E-state index contributed by atoms with van der Waals surface area (Å²) in [6, 6.07) is 0. The van der Waals surface area contributed by atoms with Crippen LogP contribution in [0.1, 0.15) is 36.9 Å². The lowest BCUT2D eigenvalue weighted by Crippen LogP contribution is -2.27. The average Bonchev–Trinajstić information content (AvgIpc) is 2.69. The molecule has 0 atom stereocenters. The van der Waals surface area contributed by atoms with E-state index in [1.54, 1.807) is 7.11 Å². The van der Waals surface area contributed by atoms with Crippen LogP contribution in [-0.4, -0.2) is 37.7 Å². The Morgan fingerprint density at radius 1 is 1.40 bits per heavy atom. The number of ether oxygens (including phenoxy) is 1. The number of amides is 1. The number of thiazole rings is 1. The van der Waals surface area contributed by atoms with Gasteiger partial charge in [-0.25, -0.2) is 4.98 Å². The lowest BCUT2D eigenvalue weighted by Gasteiger charge is -2.17. The van der Waals surface area contributed by atoms with Crippen LogP contribution in [-0.2, 0) is 4.74 Å². The molecular weight excluding hydrogens is 276 g/mol. The van der Waals surface area contributed by atoms with Gasteiger partial charge in [-0.1, -0.05) is 32.1 Å². The summed E-state index contributed by atoms with van der Waals surface area (Å²) < 4.78 is 4.94. The first kappa shape index (κ1) is 16.7. The highest BCUT2D eigenvalue weighted by Crippen LogP contribution is 2.25. The van der Waals surface area contributed by atoms with Crippen LogP contribution in [0.4, 0.5) is 10.9 Å². The van der Waals surface area contributed by atoms with E-state index in [0.29, 0.717) is 29.7 Å². The molecule has 7 heteroatoms. The molecule has 4 N–H and O–H groups in total. The van der Waals surface area contributed by atoms with Crippen molar-refractivity contribution in [2.75, 3.05) is 37.9 Å². The van der Waals surface area contributed by atoms with Crippen LogP contribution in [0.15, 0.2) is 0 Å². The van der Waals surface area contributed by atoms with E-state index in [9.17, 15) is 4.79 Å². The Balaban J connectivity index is 2.51. The van der Waals surface area contributed by atoms with Crippen LogP contribution < -0.4 is 16.4 Å². The molecule has 0 unspecified atom stereocenters. The van der Waals surface area contributed by atoms with Gasteiger partial charge in [-0.3, -0.25) is 4.79 Å².